The van der Waals surface area contributed by atoms with Gasteiger partial charge < -0.3 is 14.2 Å². The number of carbonyl (C=O) groups is 3. The smallest absolute Gasteiger partial charge is 0.306 e. The summed E-state index contributed by atoms with van der Waals surface area (Å²) in [6.07, 6.45) is 66.7. The number of rotatable bonds is 45. The summed E-state index contributed by atoms with van der Waals surface area (Å²) in [4.78, 5) is 38.0. The van der Waals surface area contributed by atoms with E-state index in [1.165, 1.54) is 89.9 Å². The summed E-state index contributed by atoms with van der Waals surface area (Å²) in [6.45, 7) is 6.40. The van der Waals surface area contributed by atoms with E-state index in [0.717, 1.165) is 89.9 Å². The molecule has 0 amide bonds. The molecule has 0 fully saturated rings. The highest BCUT2D eigenvalue weighted by Gasteiger charge is 2.19. The van der Waals surface area contributed by atoms with Crippen LogP contribution in [0.15, 0.2) is 97.2 Å². The molecule has 6 nitrogen and oxygen atoms in total. The molecule has 1 atom stereocenters. The molecule has 0 saturated carbocycles. The van der Waals surface area contributed by atoms with Crippen LogP contribution in [0, 0.1) is 0 Å². The highest BCUT2D eigenvalue weighted by atomic mass is 16.6. The Kier molecular flexibility index (Phi) is 48.0. The number of ether oxygens (including phenoxy) is 3. The summed E-state index contributed by atoms with van der Waals surface area (Å²) in [5.74, 6) is -0.974. The number of unbranched alkanes of at least 4 members (excludes halogenated alkanes) is 22. The van der Waals surface area contributed by atoms with Gasteiger partial charge in [0.1, 0.15) is 13.2 Å². The maximum Gasteiger partial charge on any atom is 0.306 e. The summed E-state index contributed by atoms with van der Waals surface area (Å²) < 4.78 is 16.7. The Morgan fingerprint density at radius 2 is 0.683 bits per heavy atom. The highest BCUT2D eigenvalue weighted by molar-refractivity contribution is 5.71. The van der Waals surface area contributed by atoms with Crippen molar-refractivity contribution in [3.63, 3.8) is 0 Å². The molecular formula is C57H94O6. The number of esters is 3. The van der Waals surface area contributed by atoms with Crippen LogP contribution in [0.5, 0.6) is 0 Å². The molecule has 0 saturated heterocycles. The summed E-state index contributed by atoms with van der Waals surface area (Å²) in [5, 5.41) is 0. The van der Waals surface area contributed by atoms with Crippen molar-refractivity contribution in [1.82, 2.24) is 0 Å². The second-order valence-corrected chi connectivity index (χ2v) is 16.8. The summed E-state index contributed by atoms with van der Waals surface area (Å²) in [6, 6.07) is 0. The van der Waals surface area contributed by atoms with Crippen molar-refractivity contribution < 1.29 is 28.6 Å². The number of allylic oxidation sites excluding steroid dienone is 16. The molecule has 0 radical (unpaired) electrons. The number of hydrogen-bond acceptors (Lipinski definition) is 6. The molecule has 63 heavy (non-hydrogen) atoms. The van der Waals surface area contributed by atoms with Crippen molar-refractivity contribution in [3.8, 4) is 0 Å². The minimum absolute atomic E-state index is 0.105. The third kappa shape index (κ3) is 49.2. The average molecular weight is 875 g/mol. The largest absolute Gasteiger partial charge is 0.462 e. The van der Waals surface area contributed by atoms with E-state index < -0.39 is 6.10 Å². The first kappa shape index (κ1) is 59.3. The Balaban J connectivity index is 4.50. The van der Waals surface area contributed by atoms with Gasteiger partial charge in [0, 0.05) is 19.3 Å². The van der Waals surface area contributed by atoms with E-state index >= 15 is 0 Å². The van der Waals surface area contributed by atoms with Crippen LogP contribution in [0.4, 0.5) is 0 Å². The lowest BCUT2D eigenvalue weighted by molar-refractivity contribution is -0.167. The second-order valence-electron chi connectivity index (χ2n) is 16.8. The number of hydrogen-bond donors (Lipinski definition) is 0. The van der Waals surface area contributed by atoms with Gasteiger partial charge in [-0.1, -0.05) is 208 Å². The zero-order chi connectivity index (χ0) is 45.8. The fraction of sp³-hybridized carbons (Fsp3) is 0.667. The predicted octanol–water partition coefficient (Wildman–Crippen LogP) is 17.0. The van der Waals surface area contributed by atoms with Gasteiger partial charge in [-0.3, -0.25) is 14.4 Å². The SMILES string of the molecule is CC\C=C/C=C\C=C/C=C\C=C/CCCCCC(=O)OC(COC(=O)CCCCC/C=C\CCCCCCCC)COC(=O)CCCCCCCCC/C=C\C/C=C\CCCCC. The molecule has 0 aromatic carbocycles. The van der Waals surface area contributed by atoms with Crippen molar-refractivity contribution in [3.05, 3.63) is 97.2 Å². The van der Waals surface area contributed by atoms with Crippen LogP contribution >= 0.6 is 0 Å². The van der Waals surface area contributed by atoms with Crippen molar-refractivity contribution in [2.75, 3.05) is 13.2 Å². The van der Waals surface area contributed by atoms with Gasteiger partial charge in [0.2, 0.25) is 0 Å². The van der Waals surface area contributed by atoms with Crippen LogP contribution in [0.3, 0.4) is 0 Å². The molecule has 0 aliphatic carbocycles. The Bertz CT molecular complexity index is 1280. The van der Waals surface area contributed by atoms with Crippen molar-refractivity contribution in [2.45, 2.75) is 232 Å². The molecule has 0 aliphatic rings. The molecule has 358 valence electrons. The standard InChI is InChI=1S/C57H94O6/c1-4-7-10-13-16-19-22-25-27-28-30-32-35-38-41-44-47-50-56(59)62-53-54(52-61-55(58)49-46-43-40-37-34-31-24-21-18-15-12-9-6-3)63-57(60)51-48-45-42-39-36-33-29-26-23-20-17-14-11-8-5-2/h8,11,14,16-17,19-20,23,25-27,29,31,33-34,36,54H,4-7,9-10,12-13,15,18,21-22,24,28,30,32,35,37-53H2,1-3H3/b11-8-,17-14-,19-16-,23-20-,27-25-,29-26-,34-31-,36-33-. The molecule has 1 unspecified atom stereocenters. The van der Waals surface area contributed by atoms with E-state index in [2.05, 4.69) is 69.4 Å². The number of carbonyl (C=O) groups excluding carboxylic acids is 3. The van der Waals surface area contributed by atoms with Crippen LogP contribution in [0.25, 0.3) is 0 Å². The molecular weight excluding hydrogens is 781 g/mol. The fourth-order valence-electron chi connectivity index (χ4n) is 6.78. The maximum absolute atomic E-state index is 12.8. The molecule has 0 aliphatic heterocycles. The minimum atomic E-state index is -0.809. The van der Waals surface area contributed by atoms with E-state index in [1.54, 1.807) is 0 Å². The van der Waals surface area contributed by atoms with Gasteiger partial charge in [-0.25, -0.2) is 0 Å². The Morgan fingerprint density at radius 1 is 0.349 bits per heavy atom. The quantitative estimate of drug-likeness (QED) is 0.0199. The van der Waals surface area contributed by atoms with Crippen molar-refractivity contribution in [1.29, 1.82) is 0 Å². The van der Waals surface area contributed by atoms with Gasteiger partial charge in [0.15, 0.2) is 6.10 Å². The first-order valence-corrected chi connectivity index (χ1v) is 25.8. The lowest BCUT2D eigenvalue weighted by atomic mass is 10.1. The van der Waals surface area contributed by atoms with Gasteiger partial charge in [0.25, 0.3) is 0 Å². The molecule has 0 aromatic heterocycles. The summed E-state index contributed by atoms with van der Waals surface area (Å²) in [5.41, 5.74) is 0. The normalized spacial score (nSPS) is 12.9. The first-order valence-electron chi connectivity index (χ1n) is 25.8. The van der Waals surface area contributed by atoms with Gasteiger partial charge >= 0.3 is 17.9 Å². The van der Waals surface area contributed by atoms with Crippen LogP contribution < -0.4 is 0 Å². The zero-order valence-corrected chi connectivity index (χ0v) is 40.8. The highest BCUT2D eigenvalue weighted by Crippen LogP contribution is 2.13. The first-order chi connectivity index (χ1) is 31.0. The van der Waals surface area contributed by atoms with Crippen LogP contribution in [-0.2, 0) is 28.6 Å². The zero-order valence-electron chi connectivity index (χ0n) is 40.8. The van der Waals surface area contributed by atoms with Crippen LogP contribution in [0.1, 0.15) is 226 Å². The van der Waals surface area contributed by atoms with Crippen molar-refractivity contribution in [2.24, 2.45) is 0 Å². The van der Waals surface area contributed by atoms with Crippen LogP contribution in [0.2, 0.25) is 0 Å². The van der Waals surface area contributed by atoms with Gasteiger partial charge in [-0.2, -0.15) is 0 Å². The van der Waals surface area contributed by atoms with Crippen molar-refractivity contribution >= 4 is 17.9 Å². The molecule has 0 rings (SSSR count). The average Bonchev–Trinajstić information content (AvgIpc) is 3.28. The molecule has 0 spiro atoms. The van der Waals surface area contributed by atoms with Gasteiger partial charge in [-0.15, -0.1) is 0 Å². The molecule has 0 aromatic rings. The molecule has 0 N–H and O–H groups in total. The predicted molar refractivity (Wildman–Crippen MR) is 270 cm³/mol. The fourth-order valence-corrected chi connectivity index (χ4v) is 6.78. The molecule has 6 heteroatoms. The third-order valence-corrected chi connectivity index (χ3v) is 10.7. The lowest BCUT2D eigenvalue weighted by Gasteiger charge is -2.18. The third-order valence-electron chi connectivity index (χ3n) is 10.7. The second kappa shape index (κ2) is 51.0. The van der Waals surface area contributed by atoms with E-state index in [9.17, 15) is 14.4 Å². The topological polar surface area (TPSA) is 78.9 Å². The van der Waals surface area contributed by atoms with Crippen LogP contribution in [-0.4, -0.2) is 37.2 Å². The van der Waals surface area contributed by atoms with E-state index in [0.29, 0.717) is 19.3 Å². The van der Waals surface area contributed by atoms with E-state index in [-0.39, 0.29) is 37.5 Å². The molecule has 0 heterocycles. The van der Waals surface area contributed by atoms with E-state index in [1.807, 2.05) is 48.6 Å². The lowest BCUT2D eigenvalue weighted by Crippen LogP contribution is -2.30. The van der Waals surface area contributed by atoms with Gasteiger partial charge in [0.05, 0.1) is 0 Å². The van der Waals surface area contributed by atoms with Gasteiger partial charge in [-0.05, 0) is 96.3 Å². The Labute approximate surface area is 387 Å². The monoisotopic (exact) mass is 875 g/mol. The Morgan fingerprint density at radius 3 is 1.16 bits per heavy atom. The Hall–Kier alpha value is -3.67. The maximum atomic E-state index is 12.8. The minimum Gasteiger partial charge on any atom is -0.462 e. The molecule has 0 bridgehead atoms. The summed E-state index contributed by atoms with van der Waals surface area (Å²) in [7, 11) is 0. The van der Waals surface area contributed by atoms with E-state index in [4.69, 9.17) is 14.2 Å². The summed E-state index contributed by atoms with van der Waals surface area (Å²) >= 11 is 0.